The number of hydrogen-bond donors (Lipinski definition) is 2. The molecular formula is C12H16ClIN2O. The number of halogens is 2. The fourth-order valence-electron chi connectivity index (χ4n) is 1.39. The fraction of sp³-hybridized carbons (Fsp3) is 0.417. The van der Waals surface area contributed by atoms with Crippen molar-refractivity contribution < 1.29 is 4.79 Å². The largest absolute Gasteiger partial charge is 0.323 e. The number of carbonyl (C=O) groups excluding carboxylic acids is 1. The van der Waals surface area contributed by atoms with Gasteiger partial charge in [-0.25, -0.2) is 0 Å². The van der Waals surface area contributed by atoms with Crippen molar-refractivity contribution in [3.8, 4) is 0 Å². The van der Waals surface area contributed by atoms with E-state index in [9.17, 15) is 4.79 Å². The van der Waals surface area contributed by atoms with Crippen LogP contribution < -0.4 is 10.6 Å². The molecular weight excluding hydrogens is 351 g/mol. The Labute approximate surface area is 120 Å². The third kappa shape index (κ3) is 4.12. The maximum Gasteiger partial charge on any atom is 0.244 e. The second-order valence-electron chi connectivity index (χ2n) is 4.23. The molecule has 0 aliphatic carbocycles. The molecule has 0 heterocycles. The van der Waals surface area contributed by atoms with E-state index in [1.807, 2.05) is 32.9 Å². The second kappa shape index (κ2) is 6.02. The van der Waals surface area contributed by atoms with E-state index in [1.165, 1.54) is 0 Å². The summed E-state index contributed by atoms with van der Waals surface area (Å²) in [5, 5.41) is 6.50. The van der Waals surface area contributed by atoms with Crippen LogP contribution in [0.25, 0.3) is 0 Å². The van der Waals surface area contributed by atoms with Gasteiger partial charge in [0.05, 0.1) is 16.2 Å². The van der Waals surface area contributed by atoms with Crippen LogP contribution >= 0.6 is 34.2 Å². The number of benzene rings is 1. The van der Waals surface area contributed by atoms with Crippen molar-refractivity contribution in [2.75, 3.05) is 11.9 Å². The summed E-state index contributed by atoms with van der Waals surface area (Å²) >= 11 is 8.21. The summed E-state index contributed by atoms with van der Waals surface area (Å²) in [6.07, 6.45) is 0. The van der Waals surface area contributed by atoms with Crippen LogP contribution in [-0.2, 0) is 4.79 Å². The van der Waals surface area contributed by atoms with Crippen LogP contribution in [0.3, 0.4) is 0 Å². The van der Waals surface area contributed by atoms with E-state index in [0.717, 1.165) is 10.1 Å². The summed E-state index contributed by atoms with van der Waals surface area (Å²) in [5.41, 5.74) is 0.0360. The van der Waals surface area contributed by atoms with E-state index in [4.69, 9.17) is 11.6 Å². The number of amides is 1. The molecule has 5 heteroatoms. The predicted octanol–water partition coefficient (Wildman–Crippen LogP) is 3.27. The van der Waals surface area contributed by atoms with E-state index < -0.39 is 5.54 Å². The van der Waals surface area contributed by atoms with Crippen LogP contribution in [0.5, 0.6) is 0 Å². The second-order valence-corrected chi connectivity index (χ2v) is 5.89. The minimum Gasteiger partial charge on any atom is -0.323 e. The zero-order valence-corrected chi connectivity index (χ0v) is 13.0. The van der Waals surface area contributed by atoms with Crippen LogP contribution in [0.4, 0.5) is 5.69 Å². The molecule has 0 radical (unpaired) electrons. The van der Waals surface area contributed by atoms with E-state index in [0.29, 0.717) is 10.7 Å². The predicted molar refractivity (Wildman–Crippen MR) is 80.6 cm³/mol. The SMILES string of the molecule is CCNC(C)(C)C(=O)Nc1cc(I)ccc1Cl. The van der Waals surface area contributed by atoms with Crippen molar-refractivity contribution >= 4 is 45.8 Å². The minimum absolute atomic E-state index is 0.0942. The van der Waals surface area contributed by atoms with Crippen molar-refractivity contribution in [3.63, 3.8) is 0 Å². The van der Waals surface area contributed by atoms with Gasteiger partial charge >= 0.3 is 0 Å². The Morgan fingerprint density at radius 2 is 2.12 bits per heavy atom. The molecule has 0 aliphatic rings. The van der Waals surface area contributed by atoms with E-state index in [-0.39, 0.29) is 5.91 Å². The zero-order valence-electron chi connectivity index (χ0n) is 10.1. The molecule has 0 saturated carbocycles. The molecule has 0 bridgehead atoms. The topological polar surface area (TPSA) is 41.1 Å². The monoisotopic (exact) mass is 366 g/mol. The van der Waals surface area contributed by atoms with E-state index in [1.54, 1.807) is 6.07 Å². The first-order valence-corrected chi connectivity index (χ1v) is 6.84. The summed E-state index contributed by atoms with van der Waals surface area (Å²) in [6, 6.07) is 5.52. The molecule has 1 rings (SSSR count). The lowest BCUT2D eigenvalue weighted by molar-refractivity contribution is -0.121. The van der Waals surface area contributed by atoms with Crippen LogP contribution in [0.1, 0.15) is 20.8 Å². The van der Waals surface area contributed by atoms with Crippen LogP contribution in [-0.4, -0.2) is 18.0 Å². The molecule has 0 aliphatic heterocycles. The first kappa shape index (κ1) is 14.7. The summed E-state index contributed by atoms with van der Waals surface area (Å²) in [6.45, 7) is 6.38. The summed E-state index contributed by atoms with van der Waals surface area (Å²) in [7, 11) is 0. The first-order chi connectivity index (χ1) is 7.86. The minimum atomic E-state index is -0.612. The van der Waals surface area contributed by atoms with Crippen LogP contribution in [0, 0.1) is 3.57 Å². The van der Waals surface area contributed by atoms with Gasteiger partial charge in [-0.15, -0.1) is 0 Å². The van der Waals surface area contributed by atoms with Gasteiger partial charge in [-0.05, 0) is 61.2 Å². The summed E-state index contributed by atoms with van der Waals surface area (Å²) in [5.74, 6) is -0.0942. The lowest BCUT2D eigenvalue weighted by atomic mass is 10.0. The molecule has 1 amide bonds. The molecule has 17 heavy (non-hydrogen) atoms. The van der Waals surface area contributed by atoms with Crippen molar-refractivity contribution in [1.82, 2.24) is 5.32 Å². The molecule has 2 N–H and O–H groups in total. The molecule has 1 aromatic carbocycles. The van der Waals surface area contributed by atoms with Gasteiger partial charge in [0, 0.05) is 3.57 Å². The number of nitrogens with one attached hydrogen (secondary N) is 2. The van der Waals surface area contributed by atoms with Crippen LogP contribution in [0.2, 0.25) is 5.02 Å². The smallest absolute Gasteiger partial charge is 0.244 e. The molecule has 0 unspecified atom stereocenters. The third-order valence-electron chi connectivity index (χ3n) is 2.36. The maximum atomic E-state index is 12.1. The van der Waals surface area contributed by atoms with Gasteiger partial charge in [0.15, 0.2) is 0 Å². The lowest BCUT2D eigenvalue weighted by Gasteiger charge is -2.24. The molecule has 1 aromatic rings. The number of rotatable bonds is 4. The zero-order chi connectivity index (χ0) is 13.1. The number of carbonyl (C=O) groups is 1. The highest BCUT2D eigenvalue weighted by molar-refractivity contribution is 14.1. The number of hydrogen-bond acceptors (Lipinski definition) is 2. The quantitative estimate of drug-likeness (QED) is 0.803. The Morgan fingerprint density at radius 1 is 1.47 bits per heavy atom. The fourth-order valence-corrected chi connectivity index (χ4v) is 2.05. The van der Waals surface area contributed by atoms with E-state index >= 15 is 0 Å². The first-order valence-electron chi connectivity index (χ1n) is 5.38. The van der Waals surface area contributed by atoms with Crippen molar-refractivity contribution in [3.05, 3.63) is 26.8 Å². The molecule has 0 aromatic heterocycles. The Balaban J connectivity index is 2.84. The number of anilines is 1. The highest BCUT2D eigenvalue weighted by Crippen LogP contribution is 2.24. The Hall–Kier alpha value is -0.330. The maximum absolute atomic E-state index is 12.1. The molecule has 0 atom stereocenters. The molecule has 94 valence electrons. The average Bonchev–Trinajstić information content (AvgIpc) is 2.23. The van der Waals surface area contributed by atoms with Gasteiger partial charge in [0.1, 0.15) is 0 Å². The van der Waals surface area contributed by atoms with Crippen molar-refractivity contribution in [1.29, 1.82) is 0 Å². The lowest BCUT2D eigenvalue weighted by Crippen LogP contribution is -2.49. The molecule has 0 spiro atoms. The highest BCUT2D eigenvalue weighted by Gasteiger charge is 2.26. The Kier molecular flexibility index (Phi) is 5.22. The van der Waals surface area contributed by atoms with Gasteiger partial charge in [-0.2, -0.15) is 0 Å². The Morgan fingerprint density at radius 3 is 2.71 bits per heavy atom. The normalized spacial score (nSPS) is 11.4. The van der Waals surface area contributed by atoms with Crippen molar-refractivity contribution in [2.45, 2.75) is 26.3 Å². The average molecular weight is 367 g/mol. The standard InChI is InChI=1S/C12H16ClIN2O/c1-4-15-12(2,3)11(17)16-10-7-8(14)5-6-9(10)13/h5-7,15H,4H2,1-3H3,(H,16,17). The summed E-state index contributed by atoms with van der Waals surface area (Å²) in [4.78, 5) is 12.1. The Bertz CT molecular complexity index is 421. The van der Waals surface area contributed by atoms with Crippen molar-refractivity contribution in [2.24, 2.45) is 0 Å². The van der Waals surface area contributed by atoms with Gasteiger partial charge in [-0.1, -0.05) is 18.5 Å². The number of likely N-dealkylation sites (N-methyl/N-ethyl adjacent to an activating group) is 1. The van der Waals surface area contributed by atoms with Crippen LogP contribution in [0.15, 0.2) is 18.2 Å². The van der Waals surface area contributed by atoms with E-state index in [2.05, 4.69) is 33.2 Å². The molecule has 3 nitrogen and oxygen atoms in total. The highest BCUT2D eigenvalue weighted by atomic mass is 127. The molecule has 0 saturated heterocycles. The molecule has 0 fully saturated rings. The van der Waals surface area contributed by atoms with Gasteiger partial charge in [-0.3, -0.25) is 4.79 Å². The third-order valence-corrected chi connectivity index (χ3v) is 3.36. The summed E-state index contributed by atoms with van der Waals surface area (Å²) < 4.78 is 1.03. The van der Waals surface area contributed by atoms with Gasteiger partial charge in [0.2, 0.25) is 5.91 Å². The van der Waals surface area contributed by atoms with Gasteiger partial charge in [0.25, 0.3) is 0 Å². The van der Waals surface area contributed by atoms with Gasteiger partial charge < -0.3 is 10.6 Å².